The number of carbonyl (C=O) groups is 1. The van der Waals surface area contributed by atoms with Crippen LogP contribution in [0.2, 0.25) is 0 Å². The Morgan fingerprint density at radius 2 is 1.91 bits per heavy atom. The molecule has 0 N–H and O–H groups in total. The van der Waals surface area contributed by atoms with E-state index in [1.54, 1.807) is 17.8 Å². The zero-order chi connectivity index (χ0) is 15.8. The SMILES string of the molecule is CCCCc1cccc(C(=O)/C=C/c2ccc(SC)cc2)c1. The Labute approximate surface area is 137 Å². The average molecular weight is 310 g/mol. The van der Waals surface area contributed by atoms with Crippen LogP contribution in [-0.4, -0.2) is 12.0 Å². The van der Waals surface area contributed by atoms with Crippen molar-refractivity contribution < 1.29 is 4.79 Å². The summed E-state index contributed by atoms with van der Waals surface area (Å²) in [6.07, 6.45) is 8.97. The third-order valence-corrected chi connectivity index (χ3v) is 4.32. The lowest BCUT2D eigenvalue weighted by Gasteiger charge is -2.02. The number of rotatable bonds is 7. The fraction of sp³-hybridized carbons (Fsp3) is 0.250. The van der Waals surface area contributed by atoms with Gasteiger partial charge in [0.25, 0.3) is 0 Å². The zero-order valence-corrected chi connectivity index (χ0v) is 14.0. The zero-order valence-electron chi connectivity index (χ0n) is 13.2. The van der Waals surface area contributed by atoms with Gasteiger partial charge in [0.1, 0.15) is 0 Å². The predicted octanol–water partition coefficient (Wildman–Crippen LogP) is 5.65. The van der Waals surface area contributed by atoms with Gasteiger partial charge < -0.3 is 0 Å². The summed E-state index contributed by atoms with van der Waals surface area (Å²) in [5.74, 6) is 0.0623. The maximum atomic E-state index is 12.3. The van der Waals surface area contributed by atoms with Crippen molar-refractivity contribution in [3.63, 3.8) is 0 Å². The van der Waals surface area contributed by atoms with E-state index in [-0.39, 0.29) is 5.78 Å². The molecule has 114 valence electrons. The van der Waals surface area contributed by atoms with E-state index in [0.717, 1.165) is 24.0 Å². The highest BCUT2D eigenvalue weighted by atomic mass is 32.2. The van der Waals surface area contributed by atoms with Gasteiger partial charge in [-0.15, -0.1) is 11.8 Å². The fourth-order valence-corrected chi connectivity index (χ4v) is 2.65. The summed E-state index contributed by atoms with van der Waals surface area (Å²) in [7, 11) is 0. The highest BCUT2D eigenvalue weighted by molar-refractivity contribution is 7.98. The molecule has 22 heavy (non-hydrogen) atoms. The summed E-state index contributed by atoms with van der Waals surface area (Å²) in [4.78, 5) is 13.5. The first-order valence-electron chi connectivity index (χ1n) is 7.68. The second kappa shape index (κ2) is 8.60. The maximum absolute atomic E-state index is 12.3. The van der Waals surface area contributed by atoms with Crippen molar-refractivity contribution in [2.45, 2.75) is 31.1 Å². The first-order chi connectivity index (χ1) is 10.7. The third kappa shape index (κ3) is 4.88. The first-order valence-corrected chi connectivity index (χ1v) is 8.91. The molecule has 0 aromatic heterocycles. The number of hydrogen-bond acceptors (Lipinski definition) is 2. The second-order valence-electron chi connectivity index (χ2n) is 5.27. The van der Waals surface area contributed by atoms with E-state index in [1.807, 2.05) is 36.4 Å². The number of benzene rings is 2. The second-order valence-corrected chi connectivity index (χ2v) is 6.15. The van der Waals surface area contributed by atoms with Crippen molar-refractivity contribution in [3.8, 4) is 0 Å². The molecule has 0 atom stereocenters. The van der Waals surface area contributed by atoms with Crippen LogP contribution in [-0.2, 0) is 6.42 Å². The molecule has 0 saturated heterocycles. The smallest absolute Gasteiger partial charge is 0.185 e. The van der Waals surface area contributed by atoms with Crippen LogP contribution in [0.4, 0.5) is 0 Å². The fourth-order valence-electron chi connectivity index (χ4n) is 2.24. The molecule has 0 aliphatic heterocycles. The molecule has 2 aromatic carbocycles. The van der Waals surface area contributed by atoms with Gasteiger partial charge in [-0.1, -0.05) is 49.8 Å². The lowest BCUT2D eigenvalue weighted by molar-refractivity contribution is 0.104. The highest BCUT2D eigenvalue weighted by Gasteiger charge is 2.03. The number of unbranched alkanes of at least 4 members (excludes halogenated alkanes) is 1. The van der Waals surface area contributed by atoms with Gasteiger partial charge in [0.15, 0.2) is 5.78 Å². The molecule has 2 heteroatoms. The number of aryl methyl sites for hydroxylation is 1. The van der Waals surface area contributed by atoms with E-state index in [4.69, 9.17) is 0 Å². The van der Waals surface area contributed by atoms with Crippen molar-refractivity contribution in [2.75, 3.05) is 6.26 Å². The predicted molar refractivity (Wildman–Crippen MR) is 96.6 cm³/mol. The molecule has 0 radical (unpaired) electrons. The Balaban J connectivity index is 2.05. The van der Waals surface area contributed by atoms with Crippen molar-refractivity contribution >= 4 is 23.6 Å². The number of thioether (sulfide) groups is 1. The van der Waals surface area contributed by atoms with Gasteiger partial charge in [-0.2, -0.15) is 0 Å². The van der Waals surface area contributed by atoms with E-state index >= 15 is 0 Å². The molecule has 0 bridgehead atoms. The van der Waals surface area contributed by atoms with Crippen LogP contribution in [0.15, 0.2) is 59.5 Å². The van der Waals surface area contributed by atoms with Gasteiger partial charge in [0, 0.05) is 10.5 Å². The lowest BCUT2D eigenvalue weighted by Crippen LogP contribution is -1.96. The molecular weight excluding hydrogens is 288 g/mol. The third-order valence-electron chi connectivity index (χ3n) is 3.57. The Bertz CT molecular complexity index is 641. The van der Waals surface area contributed by atoms with E-state index in [0.29, 0.717) is 0 Å². The molecule has 0 saturated carbocycles. The van der Waals surface area contributed by atoms with Crippen LogP contribution in [0.3, 0.4) is 0 Å². The summed E-state index contributed by atoms with van der Waals surface area (Å²) in [5, 5.41) is 0. The van der Waals surface area contributed by atoms with Gasteiger partial charge in [0.05, 0.1) is 0 Å². The molecule has 0 spiro atoms. The molecule has 0 amide bonds. The van der Waals surface area contributed by atoms with Crippen LogP contribution in [0, 0.1) is 0 Å². The topological polar surface area (TPSA) is 17.1 Å². The summed E-state index contributed by atoms with van der Waals surface area (Å²) < 4.78 is 0. The van der Waals surface area contributed by atoms with Gasteiger partial charge in [0.2, 0.25) is 0 Å². The van der Waals surface area contributed by atoms with E-state index in [1.165, 1.54) is 16.9 Å². The molecule has 1 nitrogen and oxygen atoms in total. The van der Waals surface area contributed by atoms with Crippen molar-refractivity contribution in [1.82, 2.24) is 0 Å². The highest BCUT2D eigenvalue weighted by Crippen LogP contribution is 2.16. The van der Waals surface area contributed by atoms with E-state index in [2.05, 4.69) is 31.4 Å². The van der Waals surface area contributed by atoms with Crippen molar-refractivity contribution in [1.29, 1.82) is 0 Å². The molecule has 2 aromatic rings. The van der Waals surface area contributed by atoms with Gasteiger partial charge in [-0.25, -0.2) is 0 Å². The standard InChI is InChI=1S/C20H22OS/c1-3-4-6-17-7-5-8-18(15-17)20(21)14-11-16-9-12-19(22-2)13-10-16/h5,7-15H,3-4,6H2,1-2H3/b14-11+. The van der Waals surface area contributed by atoms with Crippen molar-refractivity contribution in [2.24, 2.45) is 0 Å². The van der Waals surface area contributed by atoms with E-state index in [9.17, 15) is 4.79 Å². The Morgan fingerprint density at radius 1 is 1.14 bits per heavy atom. The maximum Gasteiger partial charge on any atom is 0.185 e. The van der Waals surface area contributed by atoms with Crippen molar-refractivity contribution in [3.05, 3.63) is 71.3 Å². The van der Waals surface area contributed by atoms with Crippen LogP contribution in [0.1, 0.15) is 41.3 Å². The number of carbonyl (C=O) groups excluding carboxylic acids is 1. The Kier molecular flexibility index (Phi) is 6.47. The lowest BCUT2D eigenvalue weighted by atomic mass is 10.0. The first kappa shape index (κ1) is 16.6. The summed E-state index contributed by atoms with van der Waals surface area (Å²) in [5.41, 5.74) is 3.06. The van der Waals surface area contributed by atoms with Crippen LogP contribution < -0.4 is 0 Å². The quantitative estimate of drug-likeness (QED) is 0.373. The minimum atomic E-state index is 0.0623. The minimum Gasteiger partial charge on any atom is -0.289 e. The normalized spacial score (nSPS) is 11.0. The molecule has 0 heterocycles. The van der Waals surface area contributed by atoms with Gasteiger partial charge in [-0.3, -0.25) is 4.79 Å². The van der Waals surface area contributed by atoms with Gasteiger partial charge in [-0.05, 0) is 54.5 Å². The minimum absolute atomic E-state index is 0.0623. The van der Waals surface area contributed by atoms with E-state index < -0.39 is 0 Å². The van der Waals surface area contributed by atoms with Crippen LogP contribution in [0.5, 0.6) is 0 Å². The largest absolute Gasteiger partial charge is 0.289 e. The summed E-state index contributed by atoms with van der Waals surface area (Å²) in [6, 6.07) is 16.2. The van der Waals surface area contributed by atoms with Crippen LogP contribution in [0.25, 0.3) is 6.08 Å². The number of ketones is 1. The molecule has 0 fully saturated rings. The Morgan fingerprint density at radius 3 is 2.59 bits per heavy atom. The average Bonchev–Trinajstić information content (AvgIpc) is 2.58. The molecule has 0 unspecified atom stereocenters. The molecule has 0 aliphatic carbocycles. The molecule has 2 rings (SSSR count). The van der Waals surface area contributed by atoms with Crippen LogP contribution >= 0.6 is 11.8 Å². The monoisotopic (exact) mass is 310 g/mol. The Hall–Kier alpha value is -1.80. The summed E-state index contributed by atoms with van der Waals surface area (Å²) >= 11 is 1.72. The molecule has 0 aliphatic rings. The summed E-state index contributed by atoms with van der Waals surface area (Å²) in [6.45, 7) is 2.18. The molecular formula is C20H22OS. The van der Waals surface area contributed by atoms with Gasteiger partial charge >= 0.3 is 0 Å². The number of hydrogen-bond donors (Lipinski definition) is 0. The number of allylic oxidation sites excluding steroid dienone is 1.